The minimum Gasteiger partial charge on any atom is -0.476 e. The minimum absolute atomic E-state index is 0.104. The molecule has 0 aliphatic heterocycles. The first-order valence-electron chi connectivity index (χ1n) is 10.4. The van der Waals surface area contributed by atoms with Gasteiger partial charge in [-0.15, -0.1) is 11.3 Å². The Bertz CT molecular complexity index is 670. The molecule has 0 aromatic carbocycles. The number of hydrogen-bond acceptors (Lipinski definition) is 5. The molecule has 1 aliphatic carbocycles. The Morgan fingerprint density at radius 3 is 2.93 bits per heavy atom. The summed E-state index contributed by atoms with van der Waals surface area (Å²) >= 11 is 2.92. The van der Waals surface area contributed by atoms with Crippen molar-refractivity contribution in [3.8, 4) is 0 Å². The number of carboxylic acids is 1. The van der Waals surface area contributed by atoms with Gasteiger partial charge in [-0.25, -0.2) is 9.78 Å². The van der Waals surface area contributed by atoms with Crippen LogP contribution in [0.3, 0.4) is 0 Å². The number of aromatic carboxylic acids is 1. The van der Waals surface area contributed by atoms with Gasteiger partial charge in [-0.3, -0.25) is 4.79 Å². The third-order valence-electron chi connectivity index (χ3n) is 5.52. The van der Waals surface area contributed by atoms with E-state index >= 15 is 0 Å². The fraction of sp³-hybridized carbons (Fsp3) is 0.682. The van der Waals surface area contributed by atoms with Crippen molar-refractivity contribution >= 4 is 34.9 Å². The molecule has 0 radical (unpaired) electrons. The number of carbonyl (C=O) groups is 2. The highest BCUT2D eigenvalue weighted by molar-refractivity contribution is 8.01. The number of carboxylic acid groups (broad SMARTS) is 1. The van der Waals surface area contributed by atoms with Gasteiger partial charge in [-0.2, -0.15) is 0 Å². The van der Waals surface area contributed by atoms with Crippen LogP contribution in [0.15, 0.2) is 21.9 Å². The fourth-order valence-corrected chi connectivity index (χ4v) is 5.84. The second kappa shape index (κ2) is 11.8. The highest BCUT2D eigenvalue weighted by Gasteiger charge is 2.32. The number of ketones is 1. The molecule has 1 aliphatic rings. The average Bonchev–Trinajstić information content (AvgIpc) is 3.26. The standard InChI is InChI=1S/C22H33NO3S2/c1-4-5-6-15(2)13-16(3)7-8-17-9-10-20(24)18(17)11-12-27-22-23-19(14-28-22)21(25)26/h7-8,14-18H,4-6,9-13H2,1-3H3,(H,25,26)/b8-7+/t15-,16+,17-,18+/m0/s1. The van der Waals surface area contributed by atoms with Crippen LogP contribution in [0.5, 0.6) is 0 Å². The number of nitrogens with zero attached hydrogens (tertiary/aromatic N) is 1. The van der Waals surface area contributed by atoms with Crippen LogP contribution in [0.4, 0.5) is 0 Å². The molecule has 0 spiro atoms. The molecule has 0 saturated heterocycles. The fourth-order valence-electron chi connectivity index (χ4n) is 3.95. The van der Waals surface area contributed by atoms with E-state index in [0.29, 0.717) is 24.0 Å². The van der Waals surface area contributed by atoms with E-state index in [1.165, 1.54) is 37.0 Å². The molecule has 1 fully saturated rings. The zero-order valence-corrected chi connectivity index (χ0v) is 18.9. The molecule has 4 nitrogen and oxygen atoms in total. The highest BCUT2D eigenvalue weighted by Crippen LogP contribution is 2.35. The number of thiazole rings is 1. The predicted molar refractivity (Wildman–Crippen MR) is 117 cm³/mol. The second-order valence-corrected chi connectivity index (χ2v) is 10.3. The van der Waals surface area contributed by atoms with Gasteiger partial charge in [0.05, 0.1) is 0 Å². The monoisotopic (exact) mass is 423 g/mol. The Morgan fingerprint density at radius 1 is 1.46 bits per heavy atom. The largest absolute Gasteiger partial charge is 0.476 e. The lowest BCUT2D eigenvalue weighted by Crippen LogP contribution is -2.14. The molecular formula is C22H33NO3S2. The second-order valence-electron chi connectivity index (χ2n) is 8.06. The van der Waals surface area contributed by atoms with Gasteiger partial charge >= 0.3 is 5.97 Å². The third-order valence-corrected chi connectivity index (χ3v) is 7.58. The summed E-state index contributed by atoms with van der Waals surface area (Å²) in [4.78, 5) is 27.3. The van der Waals surface area contributed by atoms with E-state index in [9.17, 15) is 9.59 Å². The van der Waals surface area contributed by atoms with Crippen molar-refractivity contribution < 1.29 is 14.7 Å². The Balaban J connectivity index is 1.80. The summed E-state index contributed by atoms with van der Waals surface area (Å²) in [7, 11) is 0. The molecular weight excluding hydrogens is 390 g/mol. The molecule has 0 bridgehead atoms. The van der Waals surface area contributed by atoms with Gasteiger partial charge in [-0.05, 0) is 37.0 Å². The van der Waals surface area contributed by atoms with E-state index in [0.717, 1.165) is 28.9 Å². The summed E-state index contributed by atoms with van der Waals surface area (Å²) < 4.78 is 0.768. The molecule has 1 N–H and O–H groups in total. The van der Waals surface area contributed by atoms with Gasteiger partial charge in [0.2, 0.25) is 0 Å². The van der Waals surface area contributed by atoms with Crippen LogP contribution in [0.1, 0.15) is 76.2 Å². The minimum atomic E-state index is -0.989. The highest BCUT2D eigenvalue weighted by atomic mass is 32.2. The summed E-state index contributed by atoms with van der Waals surface area (Å²) in [5, 5.41) is 10.5. The van der Waals surface area contributed by atoms with Crippen molar-refractivity contribution in [3.63, 3.8) is 0 Å². The molecule has 2 rings (SSSR count). The van der Waals surface area contributed by atoms with E-state index in [1.807, 2.05) is 0 Å². The third kappa shape index (κ3) is 7.36. The van der Waals surface area contributed by atoms with Crippen molar-refractivity contribution in [2.24, 2.45) is 23.7 Å². The maximum Gasteiger partial charge on any atom is 0.355 e. The first-order chi connectivity index (χ1) is 13.4. The Morgan fingerprint density at radius 2 is 2.25 bits per heavy atom. The summed E-state index contributed by atoms with van der Waals surface area (Å²) in [5.74, 6) is 1.96. The van der Waals surface area contributed by atoms with Gasteiger partial charge in [0, 0.05) is 23.5 Å². The summed E-state index contributed by atoms with van der Waals surface area (Å²) in [6.45, 7) is 6.86. The average molecular weight is 424 g/mol. The number of hydrogen-bond donors (Lipinski definition) is 1. The van der Waals surface area contributed by atoms with Crippen LogP contribution in [-0.4, -0.2) is 27.6 Å². The number of unbranched alkanes of at least 4 members (excludes halogenated alkanes) is 1. The molecule has 28 heavy (non-hydrogen) atoms. The number of aromatic nitrogens is 1. The van der Waals surface area contributed by atoms with Crippen molar-refractivity contribution in [1.82, 2.24) is 4.98 Å². The van der Waals surface area contributed by atoms with Crippen LogP contribution in [-0.2, 0) is 4.79 Å². The number of allylic oxidation sites excluding steroid dienone is 2. The lowest BCUT2D eigenvalue weighted by molar-refractivity contribution is -0.121. The molecule has 0 unspecified atom stereocenters. The zero-order valence-electron chi connectivity index (χ0n) is 17.2. The number of rotatable bonds is 12. The van der Waals surface area contributed by atoms with Gasteiger partial charge in [-0.1, -0.05) is 63.9 Å². The number of carbonyl (C=O) groups excluding carboxylic acids is 1. The smallest absolute Gasteiger partial charge is 0.355 e. The van der Waals surface area contributed by atoms with E-state index < -0.39 is 5.97 Å². The summed E-state index contributed by atoms with van der Waals surface area (Å²) in [6.07, 6.45) is 12.2. The molecule has 1 saturated carbocycles. The Kier molecular flexibility index (Phi) is 9.72. The van der Waals surface area contributed by atoms with Crippen LogP contribution in [0.25, 0.3) is 0 Å². The van der Waals surface area contributed by atoms with Gasteiger partial charge in [0.15, 0.2) is 10.0 Å². The van der Waals surface area contributed by atoms with Crippen LogP contribution in [0.2, 0.25) is 0 Å². The van der Waals surface area contributed by atoms with Crippen molar-refractivity contribution in [2.45, 2.75) is 70.1 Å². The van der Waals surface area contributed by atoms with E-state index in [1.54, 1.807) is 17.1 Å². The van der Waals surface area contributed by atoms with Crippen LogP contribution < -0.4 is 0 Å². The maximum atomic E-state index is 12.3. The van der Waals surface area contributed by atoms with Crippen LogP contribution >= 0.6 is 23.1 Å². The first-order valence-corrected chi connectivity index (χ1v) is 12.3. The zero-order chi connectivity index (χ0) is 20.5. The Labute approximate surface area is 177 Å². The van der Waals surface area contributed by atoms with Gasteiger partial charge in [0.25, 0.3) is 0 Å². The summed E-state index contributed by atoms with van der Waals surface area (Å²) in [6, 6.07) is 0. The molecule has 6 heteroatoms. The van der Waals surface area contributed by atoms with Crippen molar-refractivity contribution in [2.75, 3.05) is 5.75 Å². The van der Waals surface area contributed by atoms with E-state index in [4.69, 9.17) is 5.11 Å². The molecule has 1 aromatic heterocycles. The van der Waals surface area contributed by atoms with Gasteiger partial charge in [0.1, 0.15) is 5.78 Å². The number of Topliss-reactive ketones (excluding diaryl/α,β-unsaturated/α-hetero) is 1. The molecule has 1 heterocycles. The van der Waals surface area contributed by atoms with Crippen molar-refractivity contribution in [1.29, 1.82) is 0 Å². The lowest BCUT2D eigenvalue weighted by atomic mass is 9.89. The summed E-state index contributed by atoms with van der Waals surface area (Å²) in [5.41, 5.74) is 0.104. The maximum absolute atomic E-state index is 12.3. The number of thioether (sulfide) groups is 1. The molecule has 0 amide bonds. The van der Waals surface area contributed by atoms with Gasteiger partial charge < -0.3 is 5.11 Å². The van der Waals surface area contributed by atoms with E-state index in [-0.39, 0.29) is 11.6 Å². The molecule has 4 atom stereocenters. The Hall–Kier alpha value is -1.14. The van der Waals surface area contributed by atoms with Crippen molar-refractivity contribution in [3.05, 3.63) is 23.2 Å². The SMILES string of the molecule is CCCC[C@H](C)C[C@H](C)/C=C/[C@H]1CCC(=O)[C@@H]1CCSc1nc(C(=O)O)cs1. The molecule has 156 valence electrons. The van der Waals surface area contributed by atoms with E-state index in [2.05, 4.69) is 37.9 Å². The molecule has 1 aromatic rings. The predicted octanol–water partition coefficient (Wildman–Crippen LogP) is 6.33. The topological polar surface area (TPSA) is 67.3 Å². The first kappa shape index (κ1) is 23.1. The quantitative estimate of drug-likeness (QED) is 0.314. The lowest BCUT2D eigenvalue weighted by Gasteiger charge is -2.17. The van der Waals surface area contributed by atoms with Crippen LogP contribution in [0, 0.1) is 23.7 Å². The normalized spacial score (nSPS) is 22.0.